The Bertz CT molecular complexity index is 392. The Kier molecular flexibility index (Phi) is 6.53. The standard InChI is InChI=1S/C15H20NO.Li/c1-12-6-3-4-9-15(12)16-11-13-7-5-8-14(10-13)17-2;/h5,7-8,11-12,15H,3-4,6,9H2,1-2H3;/q-1;+1/t12-,15-;/m0./s1. The number of methoxy groups -OCH3 is 1. The molecule has 0 radical (unpaired) electrons. The monoisotopic (exact) mass is 237 g/mol. The number of rotatable bonds is 3. The van der Waals surface area contributed by atoms with Crippen LogP contribution in [0.15, 0.2) is 23.2 Å². The first-order chi connectivity index (χ1) is 8.29. The minimum absolute atomic E-state index is 0. The number of hydrogen-bond acceptors (Lipinski definition) is 2. The average molecular weight is 237 g/mol. The average Bonchev–Trinajstić information content (AvgIpc) is 2.38. The quantitative estimate of drug-likeness (QED) is 0.426. The van der Waals surface area contributed by atoms with E-state index < -0.39 is 0 Å². The fourth-order valence-electron chi connectivity index (χ4n) is 2.35. The van der Waals surface area contributed by atoms with Crippen molar-refractivity contribution < 1.29 is 23.6 Å². The van der Waals surface area contributed by atoms with Gasteiger partial charge in [-0.25, -0.2) is 0 Å². The van der Waals surface area contributed by atoms with E-state index >= 15 is 0 Å². The van der Waals surface area contributed by atoms with Crippen molar-refractivity contribution in [2.45, 2.75) is 38.6 Å². The number of nitrogens with zero attached hydrogens (tertiary/aromatic N) is 1. The molecule has 0 amide bonds. The molecule has 1 aromatic carbocycles. The molecule has 0 heterocycles. The van der Waals surface area contributed by atoms with E-state index in [1.54, 1.807) is 7.11 Å². The first-order valence-corrected chi connectivity index (χ1v) is 6.39. The summed E-state index contributed by atoms with van der Waals surface area (Å²) in [4.78, 5) is 4.70. The van der Waals surface area contributed by atoms with Crippen LogP contribution >= 0.6 is 0 Å². The summed E-state index contributed by atoms with van der Waals surface area (Å²) >= 11 is 0. The van der Waals surface area contributed by atoms with E-state index in [-0.39, 0.29) is 18.9 Å². The van der Waals surface area contributed by atoms with Gasteiger partial charge in [-0.2, -0.15) is 0 Å². The molecule has 3 heteroatoms. The molecule has 0 spiro atoms. The van der Waals surface area contributed by atoms with E-state index in [0.29, 0.717) is 12.0 Å². The molecule has 0 unspecified atom stereocenters. The zero-order valence-corrected chi connectivity index (χ0v) is 11.6. The molecule has 1 saturated carbocycles. The largest absolute Gasteiger partial charge is 1.00 e. The maximum absolute atomic E-state index is 5.15. The van der Waals surface area contributed by atoms with Crippen LogP contribution in [0, 0.1) is 12.0 Å². The number of benzene rings is 1. The summed E-state index contributed by atoms with van der Waals surface area (Å²) < 4.78 is 5.15. The number of ether oxygens (including phenoxy) is 1. The van der Waals surface area contributed by atoms with Crippen LogP contribution in [-0.2, 0) is 0 Å². The van der Waals surface area contributed by atoms with Gasteiger partial charge in [0.25, 0.3) is 0 Å². The SMILES string of the molecule is COc1[c-]c(C=N[C@H]2CCCC[C@@H]2C)ccc1.[Li+]. The van der Waals surface area contributed by atoms with Crippen LogP contribution < -0.4 is 23.6 Å². The maximum Gasteiger partial charge on any atom is 1.00 e. The normalized spacial score (nSPS) is 23.7. The van der Waals surface area contributed by atoms with E-state index in [0.717, 1.165) is 11.3 Å². The van der Waals surface area contributed by atoms with Crippen LogP contribution in [0.2, 0.25) is 0 Å². The van der Waals surface area contributed by atoms with Gasteiger partial charge in [-0.1, -0.05) is 32.0 Å². The van der Waals surface area contributed by atoms with Gasteiger partial charge in [-0.15, -0.1) is 23.8 Å². The van der Waals surface area contributed by atoms with Crippen LogP contribution in [0.25, 0.3) is 0 Å². The van der Waals surface area contributed by atoms with Gasteiger partial charge in [0.05, 0.1) is 7.11 Å². The minimum Gasteiger partial charge on any atom is -0.516 e. The van der Waals surface area contributed by atoms with E-state index in [9.17, 15) is 0 Å². The van der Waals surface area contributed by atoms with Gasteiger partial charge in [-0.3, -0.25) is 0 Å². The second kappa shape index (κ2) is 7.66. The van der Waals surface area contributed by atoms with Gasteiger partial charge in [-0.05, 0) is 18.8 Å². The summed E-state index contributed by atoms with van der Waals surface area (Å²) in [6.45, 7) is 2.30. The third-order valence-corrected chi connectivity index (χ3v) is 3.48. The first kappa shape index (κ1) is 15.3. The Labute approximate surface area is 122 Å². The molecule has 0 bridgehead atoms. The van der Waals surface area contributed by atoms with Crippen LogP contribution in [0.3, 0.4) is 0 Å². The molecule has 1 aliphatic carbocycles. The van der Waals surface area contributed by atoms with Gasteiger partial charge in [0, 0.05) is 11.8 Å². The van der Waals surface area contributed by atoms with Crippen molar-refractivity contribution in [2.24, 2.45) is 10.9 Å². The summed E-state index contributed by atoms with van der Waals surface area (Å²) in [5.74, 6) is 1.48. The van der Waals surface area contributed by atoms with Gasteiger partial charge < -0.3 is 9.73 Å². The topological polar surface area (TPSA) is 21.6 Å². The van der Waals surface area contributed by atoms with Crippen molar-refractivity contribution in [1.29, 1.82) is 0 Å². The molecule has 1 aliphatic rings. The van der Waals surface area contributed by atoms with Gasteiger partial charge in [0.2, 0.25) is 0 Å². The van der Waals surface area contributed by atoms with Crippen molar-refractivity contribution in [3.05, 3.63) is 29.8 Å². The first-order valence-electron chi connectivity index (χ1n) is 6.39. The van der Waals surface area contributed by atoms with E-state index in [1.165, 1.54) is 25.7 Å². The number of aliphatic imine (C=N–C) groups is 1. The van der Waals surface area contributed by atoms with Gasteiger partial charge >= 0.3 is 18.9 Å². The van der Waals surface area contributed by atoms with E-state index in [4.69, 9.17) is 9.73 Å². The summed E-state index contributed by atoms with van der Waals surface area (Å²) in [5.41, 5.74) is 1.00. The molecular weight excluding hydrogens is 217 g/mol. The van der Waals surface area contributed by atoms with Crippen LogP contribution in [0.5, 0.6) is 5.75 Å². The Morgan fingerprint density at radius 2 is 2.11 bits per heavy atom. The van der Waals surface area contributed by atoms with Crippen LogP contribution in [0.1, 0.15) is 38.2 Å². The Morgan fingerprint density at radius 1 is 1.33 bits per heavy atom. The Balaban J connectivity index is 0.00000162. The predicted molar refractivity (Wildman–Crippen MR) is 70.8 cm³/mol. The fraction of sp³-hybridized carbons (Fsp3) is 0.533. The van der Waals surface area contributed by atoms with Gasteiger partial charge in [0.15, 0.2) is 0 Å². The summed E-state index contributed by atoms with van der Waals surface area (Å²) in [6, 6.07) is 9.56. The maximum atomic E-state index is 5.15. The fourth-order valence-corrected chi connectivity index (χ4v) is 2.35. The second-order valence-electron chi connectivity index (χ2n) is 4.78. The second-order valence-corrected chi connectivity index (χ2v) is 4.78. The molecule has 1 aromatic rings. The zero-order valence-electron chi connectivity index (χ0n) is 11.6. The molecule has 2 rings (SSSR count). The number of hydrogen-bond donors (Lipinski definition) is 0. The molecule has 0 saturated heterocycles. The van der Waals surface area contributed by atoms with Crippen molar-refractivity contribution >= 4 is 6.21 Å². The zero-order chi connectivity index (χ0) is 12.1. The molecule has 2 nitrogen and oxygen atoms in total. The Morgan fingerprint density at radius 3 is 2.83 bits per heavy atom. The Hall–Kier alpha value is -0.713. The van der Waals surface area contributed by atoms with Crippen molar-refractivity contribution in [3.8, 4) is 5.75 Å². The molecule has 0 N–H and O–H groups in total. The summed E-state index contributed by atoms with van der Waals surface area (Å²) in [6.07, 6.45) is 7.15. The van der Waals surface area contributed by atoms with Crippen molar-refractivity contribution in [2.75, 3.05) is 7.11 Å². The summed E-state index contributed by atoms with van der Waals surface area (Å²) in [7, 11) is 1.66. The summed E-state index contributed by atoms with van der Waals surface area (Å²) in [5, 5.41) is 0. The molecule has 0 aromatic heterocycles. The van der Waals surface area contributed by atoms with Crippen LogP contribution in [-0.4, -0.2) is 19.4 Å². The predicted octanol–water partition coefficient (Wildman–Crippen LogP) is 0.497. The molecule has 92 valence electrons. The van der Waals surface area contributed by atoms with Crippen molar-refractivity contribution in [1.82, 2.24) is 0 Å². The minimum atomic E-state index is 0. The van der Waals surface area contributed by atoms with E-state index in [1.807, 2.05) is 24.4 Å². The third kappa shape index (κ3) is 4.19. The molecule has 1 fully saturated rings. The molecular formula is C15H20LiNO. The molecule has 2 atom stereocenters. The van der Waals surface area contributed by atoms with Crippen molar-refractivity contribution in [3.63, 3.8) is 0 Å². The third-order valence-electron chi connectivity index (χ3n) is 3.48. The smallest absolute Gasteiger partial charge is 0.516 e. The molecule has 18 heavy (non-hydrogen) atoms. The molecule has 0 aliphatic heterocycles. The van der Waals surface area contributed by atoms with Gasteiger partial charge in [0.1, 0.15) is 0 Å². The van der Waals surface area contributed by atoms with E-state index in [2.05, 4.69) is 13.0 Å². The van der Waals surface area contributed by atoms with Crippen LogP contribution in [0.4, 0.5) is 0 Å².